The molecule has 1 rings (SSSR count). The van der Waals surface area contributed by atoms with Crippen LogP contribution in [0, 0.1) is 5.92 Å². The molecule has 0 aromatic heterocycles. The summed E-state index contributed by atoms with van der Waals surface area (Å²) in [4.78, 5) is 32.6. The highest BCUT2D eigenvalue weighted by atomic mass is 17.2. The minimum absolute atomic E-state index is 0.274. The number of ether oxygens (including phenoxy) is 1. The van der Waals surface area contributed by atoms with Gasteiger partial charge in [-0.15, -0.1) is 0 Å². The topological polar surface area (TPSA) is 61.8 Å². The second kappa shape index (κ2) is 17.8. The van der Waals surface area contributed by atoms with Crippen LogP contribution in [0.2, 0.25) is 0 Å². The van der Waals surface area contributed by atoms with Gasteiger partial charge in [0, 0.05) is 7.11 Å². The summed E-state index contributed by atoms with van der Waals surface area (Å²) in [5.41, 5.74) is 0.361. The number of rotatable bonds is 17. The number of hydrogen-bond acceptors (Lipinski definition) is 5. The van der Waals surface area contributed by atoms with Crippen LogP contribution in [0.1, 0.15) is 108 Å². The second-order valence-electron chi connectivity index (χ2n) is 8.29. The van der Waals surface area contributed by atoms with E-state index < -0.39 is 11.9 Å². The Morgan fingerprint density at radius 1 is 0.806 bits per heavy atom. The Bertz CT molecular complexity index is 583. The fourth-order valence-corrected chi connectivity index (χ4v) is 3.98. The van der Waals surface area contributed by atoms with Gasteiger partial charge in [0.2, 0.25) is 0 Å². The van der Waals surface area contributed by atoms with Crippen molar-refractivity contribution >= 4 is 11.9 Å². The summed E-state index contributed by atoms with van der Waals surface area (Å²) in [6, 6.07) is 8.48. The smallest absolute Gasteiger partial charge is 0.381 e. The van der Waals surface area contributed by atoms with Crippen molar-refractivity contribution in [1.29, 1.82) is 0 Å². The van der Waals surface area contributed by atoms with Crippen LogP contribution in [0.4, 0.5) is 0 Å². The fourth-order valence-electron chi connectivity index (χ4n) is 3.98. The van der Waals surface area contributed by atoms with Gasteiger partial charge in [-0.25, -0.2) is 19.4 Å². The maximum absolute atomic E-state index is 11.7. The molecule has 0 N–H and O–H groups in total. The number of benzene rings is 1. The normalized spacial score (nSPS) is 12.9. The number of methoxy groups -OCH3 is 1. The first-order valence-electron chi connectivity index (χ1n) is 12.1. The van der Waals surface area contributed by atoms with Gasteiger partial charge >= 0.3 is 11.9 Å². The van der Waals surface area contributed by atoms with E-state index in [2.05, 4.69) is 23.6 Å². The Kier molecular flexibility index (Phi) is 15.6. The zero-order chi connectivity index (χ0) is 22.7. The third kappa shape index (κ3) is 12.5. The lowest BCUT2D eigenvalue weighted by Gasteiger charge is -2.25. The Morgan fingerprint density at radius 2 is 1.42 bits per heavy atom. The quantitative estimate of drug-likeness (QED) is 0.149. The number of unbranched alkanes of at least 4 members (excludes halogenated alkanes) is 7. The monoisotopic (exact) mass is 434 g/mol. The van der Waals surface area contributed by atoms with E-state index in [-0.39, 0.29) is 6.42 Å². The van der Waals surface area contributed by atoms with E-state index in [4.69, 9.17) is 4.74 Å². The van der Waals surface area contributed by atoms with Crippen LogP contribution in [0.3, 0.4) is 0 Å². The van der Waals surface area contributed by atoms with Crippen LogP contribution in [-0.2, 0) is 19.3 Å². The van der Waals surface area contributed by atoms with Crippen LogP contribution in [0.5, 0.6) is 0 Å². The van der Waals surface area contributed by atoms with Gasteiger partial charge in [0.05, 0.1) is 18.1 Å². The van der Waals surface area contributed by atoms with Gasteiger partial charge in [-0.1, -0.05) is 83.4 Å². The largest absolute Gasteiger partial charge is 0.386 e. The van der Waals surface area contributed by atoms with Crippen LogP contribution < -0.4 is 0 Å². The molecule has 0 saturated carbocycles. The molecule has 1 aromatic rings. The first kappa shape index (κ1) is 27.2. The predicted molar refractivity (Wildman–Crippen MR) is 124 cm³/mol. The summed E-state index contributed by atoms with van der Waals surface area (Å²) in [5.74, 6) is -0.454. The molecular formula is C26H42O5. The minimum atomic E-state index is -0.651. The van der Waals surface area contributed by atoms with E-state index >= 15 is 0 Å². The molecule has 0 bridgehead atoms. The van der Waals surface area contributed by atoms with Crippen LogP contribution in [-0.4, -0.2) is 25.2 Å². The molecule has 0 spiro atoms. The van der Waals surface area contributed by atoms with Gasteiger partial charge < -0.3 is 4.74 Å². The Hall–Kier alpha value is -1.88. The molecule has 0 heterocycles. The zero-order valence-corrected chi connectivity index (χ0v) is 19.8. The maximum atomic E-state index is 11.7. The van der Waals surface area contributed by atoms with Gasteiger partial charge in [0.15, 0.2) is 0 Å². The molecule has 0 radical (unpaired) electrons. The van der Waals surface area contributed by atoms with Gasteiger partial charge in [-0.05, 0) is 43.7 Å². The van der Waals surface area contributed by atoms with E-state index in [1.165, 1.54) is 51.4 Å². The summed E-state index contributed by atoms with van der Waals surface area (Å²) < 4.78 is 5.69. The number of carbonyl (C=O) groups excluding carboxylic acids is 2. The maximum Gasteiger partial charge on any atom is 0.386 e. The summed E-state index contributed by atoms with van der Waals surface area (Å²) in [6.45, 7) is 4.47. The van der Waals surface area contributed by atoms with Gasteiger partial charge in [0.1, 0.15) is 0 Å². The average Bonchev–Trinajstić information content (AvgIpc) is 2.80. The molecule has 2 atom stereocenters. The Morgan fingerprint density at radius 3 is 2.03 bits per heavy atom. The average molecular weight is 435 g/mol. The van der Waals surface area contributed by atoms with E-state index in [9.17, 15) is 9.59 Å². The van der Waals surface area contributed by atoms with Gasteiger partial charge in [-0.3, -0.25) is 0 Å². The summed E-state index contributed by atoms with van der Waals surface area (Å²) >= 11 is 0. The van der Waals surface area contributed by atoms with Crippen molar-refractivity contribution in [2.24, 2.45) is 5.92 Å². The second-order valence-corrected chi connectivity index (χ2v) is 8.29. The first-order valence-corrected chi connectivity index (χ1v) is 12.1. The van der Waals surface area contributed by atoms with Gasteiger partial charge in [0.25, 0.3) is 0 Å². The van der Waals surface area contributed by atoms with Crippen molar-refractivity contribution in [2.45, 2.75) is 103 Å². The van der Waals surface area contributed by atoms with Crippen molar-refractivity contribution in [2.75, 3.05) is 7.11 Å². The molecule has 176 valence electrons. The molecule has 0 aliphatic heterocycles. The zero-order valence-electron chi connectivity index (χ0n) is 19.8. The number of carbonyl (C=O) groups is 2. The predicted octanol–water partition coefficient (Wildman–Crippen LogP) is 7.04. The molecule has 1 aromatic carbocycles. The molecule has 5 nitrogen and oxygen atoms in total. The van der Waals surface area contributed by atoms with Crippen molar-refractivity contribution in [3.8, 4) is 0 Å². The third-order valence-electron chi connectivity index (χ3n) is 5.83. The SMILES string of the molecule is CCCCC(CCCCCCCCCC(=O)OOC(=O)c1ccccc1)C(CC)OC. The molecule has 0 aliphatic carbocycles. The highest BCUT2D eigenvalue weighted by molar-refractivity contribution is 5.89. The molecule has 0 fully saturated rings. The summed E-state index contributed by atoms with van der Waals surface area (Å²) in [5, 5.41) is 0. The molecule has 0 saturated heterocycles. The molecule has 5 heteroatoms. The fraction of sp³-hybridized carbons (Fsp3) is 0.692. The Labute approximate surface area is 188 Å². The van der Waals surface area contributed by atoms with Crippen molar-refractivity contribution in [3.05, 3.63) is 35.9 Å². The standard InChI is InChI=1S/C26H42O5/c1-4-6-17-22(24(5-2)29-3)18-13-10-8-7-9-11-16-21-25(27)30-31-26(28)23-19-14-12-15-20-23/h12,14-15,19-20,22,24H,4-11,13,16-18,21H2,1-3H3. The third-order valence-corrected chi connectivity index (χ3v) is 5.83. The molecular weight excluding hydrogens is 392 g/mol. The summed E-state index contributed by atoms with van der Waals surface area (Å²) in [6.07, 6.45) is 14.7. The highest BCUT2D eigenvalue weighted by Gasteiger charge is 2.18. The molecule has 2 unspecified atom stereocenters. The van der Waals surface area contributed by atoms with Crippen molar-refractivity contribution in [3.63, 3.8) is 0 Å². The van der Waals surface area contributed by atoms with E-state index in [1.807, 2.05) is 7.11 Å². The lowest BCUT2D eigenvalue weighted by molar-refractivity contribution is -0.234. The number of hydrogen-bond donors (Lipinski definition) is 0. The molecule has 0 aliphatic rings. The Balaban J connectivity index is 2.02. The highest BCUT2D eigenvalue weighted by Crippen LogP contribution is 2.24. The van der Waals surface area contributed by atoms with E-state index in [1.54, 1.807) is 30.3 Å². The molecule has 0 amide bonds. The van der Waals surface area contributed by atoms with Crippen LogP contribution >= 0.6 is 0 Å². The van der Waals surface area contributed by atoms with Crippen molar-refractivity contribution < 1.29 is 24.1 Å². The van der Waals surface area contributed by atoms with E-state index in [0.29, 0.717) is 17.6 Å². The lowest BCUT2D eigenvalue weighted by atomic mass is 9.89. The first-order chi connectivity index (χ1) is 15.1. The van der Waals surface area contributed by atoms with Gasteiger partial charge in [-0.2, -0.15) is 0 Å². The van der Waals surface area contributed by atoms with Crippen LogP contribution in [0.25, 0.3) is 0 Å². The summed E-state index contributed by atoms with van der Waals surface area (Å²) in [7, 11) is 1.84. The van der Waals surface area contributed by atoms with Crippen molar-refractivity contribution in [1.82, 2.24) is 0 Å². The molecule has 31 heavy (non-hydrogen) atoms. The lowest BCUT2D eigenvalue weighted by Crippen LogP contribution is -2.22. The minimum Gasteiger partial charge on any atom is -0.381 e. The van der Waals surface area contributed by atoms with Crippen LogP contribution in [0.15, 0.2) is 30.3 Å². The van der Waals surface area contributed by atoms with E-state index in [0.717, 1.165) is 25.7 Å².